The van der Waals surface area contributed by atoms with Crippen molar-refractivity contribution in [3.8, 4) is 5.75 Å². The summed E-state index contributed by atoms with van der Waals surface area (Å²) in [6.07, 6.45) is 5.26. The van der Waals surface area contributed by atoms with Crippen molar-refractivity contribution in [1.29, 1.82) is 0 Å². The first-order valence-electron chi connectivity index (χ1n) is 5.35. The van der Waals surface area contributed by atoms with Gasteiger partial charge in [-0.15, -0.1) is 0 Å². The van der Waals surface area contributed by atoms with Gasteiger partial charge in [0.05, 0.1) is 12.7 Å². The Balaban J connectivity index is 1.94. The molecule has 0 atom stereocenters. The summed E-state index contributed by atoms with van der Waals surface area (Å²) in [5, 5.41) is 9.61. The molecule has 82 valence electrons. The lowest BCUT2D eigenvalue weighted by Gasteiger charge is -2.12. The highest BCUT2D eigenvalue weighted by Crippen LogP contribution is 2.26. The van der Waals surface area contributed by atoms with Crippen LogP contribution in [-0.4, -0.2) is 11.2 Å². The lowest BCUT2D eigenvalue weighted by Crippen LogP contribution is -2.07. The maximum absolute atomic E-state index is 9.61. The monoisotopic (exact) mass is 270 g/mol. The maximum Gasteiger partial charge on any atom is 0.121 e. The lowest BCUT2D eigenvalue weighted by atomic mass is 10.2. The minimum Gasteiger partial charge on any atom is -0.508 e. The smallest absolute Gasteiger partial charge is 0.121 e. The quantitative estimate of drug-likeness (QED) is 0.909. The molecule has 1 aromatic rings. The van der Waals surface area contributed by atoms with Gasteiger partial charge in [0.25, 0.3) is 0 Å². The van der Waals surface area contributed by atoms with Crippen LogP contribution in [0.15, 0.2) is 22.7 Å². The van der Waals surface area contributed by atoms with Crippen LogP contribution in [-0.2, 0) is 11.3 Å². The van der Waals surface area contributed by atoms with Crippen molar-refractivity contribution in [2.45, 2.75) is 38.4 Å². The minimum atomic E-state index is 0.316. The molecule has 2 nitrogen and oxygen atoms in total. The summed E-state index contributed by atoms with van der Waals surface area (Å²) in [4.78, 5) is 0. The molecule has 0 radical (unpaired) electrons. The first kappa shape index (κ1) is 11.0. The second-order valence-corrected chi connectivity index (χ2v) is 4.91. The predicted molar refractivity (Wildman–Crippen MR) is 62.9 cm³/mol. The van der Waals surface area contributed by atoms with E-state index in [2.05, 4.69) is 15.9 Å². The molecule has 1 aromatic carbocycles. The Labute approximate surface area is 98.4 Å². The molecule has 1 aliphatic rings. The summed E-state index contributed by atoms with van der Waals surface area (Å²) in [5.74, 6) is 0.316. The van der Waals surface area contributed by atoms with Crippen LogP contribution >= 0.6 is 15.9 Å². The fourth-order valence-electron chi connectivity index (χ4n) is 1.93. The zero-order valence-electron chi connectivity index (χ0n) is 8.58. The molecule has 1 aliphatic carbocycles. The molecule has 1 N–H and O–H groups in total. The molecular weight excluding hydrogens is 256 g/mol. The number of phenolic OH excluding ortho intramolecular Hbond substituents is 1. The third-order valence-electron chi connectivity index (χ3n) is 2.82. The van der Waals surface area contributed by atoms with Gasteiger partial charge in [0.2, 0.25) is 0 Å². The molecule has 0 unspecified atom stereocenters. The number of hydrogen-bond donors (Lipinski definition) is 1. The van der Waals surface area contributed by atoms with Gasteiger partial charge >= 0.3 is 0 Å². The topological polar surface area (TPSA) is 29.5 Å². The van der Waals surface area contributed by atoms with Crippen LogP contribution < -0.4 is 0 Å². The molecule has 0 aromatic heterocycles. The highest BCUT2D eigenvalue weighted by atomic mass is 79.9. The first-order chi connectivity index (χ1) is 7.25. The molecule has 0 spiro atoms. The number of aromatic hydroxyl groups is 1. The van der Waals surface area contributed by atoms with Crippen molar-refractivity contribution in [3.63, 3.8) is 0 Å². The van der Waals surface area contributed by atoms with Gasteiger partial charge in [-0.1, -0.05) is 28.8 Å². The summed E-state index contributed by atoms with van der Waals surface area (Å²) in [6, 6.07) is 5.43. The average molecular weight is 271 g/mol. The van der Waals surface area contributed by atoms with Crippen LogP contribution in [0.1, 0.15) is 31.2 Å². The molecule has 0 bridgehead atoms. The number of rotatable bonds is 3. The van der Waals surface area contributed by atoms with Crippen LogP contribution in [0.4, 0.5) is 0 Å². The molecule has 0 heterocycles. The van der Waals surface area contributed by atoms with E-state index in [4.69, 9.17) is 4.74 Å². The second kappa shape index (κ2) is 4.99. The van der Waals surface area contributed by atoms with Crippen molar-refractivity contribution in [2.75, 3.05) is 0 Å². The summed E-state index contributed by atoms with van der Waals surface area (Å²) in [5.41, 5.74) is 0.858. The van der Waals surface area contributed by atoms with Gasteiger partial charge in [-0.2, -0.15) is 0 Å². The van der Waals surface area contributed by atoms with Crippen LogP contribution in [0.3, 0.4) is 0 Å². The minimum absolute atomic E-state index is 0.316. The summed E-state index contributed by atoms with van der Waals surface area (Å²) in [6.45, 7) is 0.510. The molecule has 1 fully saturated rings. The summed E-state index contributed by atoms with van der Waals surface area (Å²) in [7, 11) is 0. The van der Waals surface area contributed by atoms with Crippen molar-refractivity contribution in [2.24, 2.45) is 0 Å². The van der Waals surface area contributed by atoms with E-state index in [0.717, 1.165) is 22.9 Å². The second-order valence-electron chi connectivity index (χ2n) is 3.99. The Morgan fingerprint density at radius 2 is 2.07 bits per heavy atom. The van der Waals surface area contributed by atoms with E-state index in [9.17, 15) is 5.11 Å². The van der Waals surface area contributed by atoms with Gasteiger partial charge < -0.3 is 9.84 Å². The average Bonchev–Trinajstić information content (AvgIpc) is 2.72. The van der Waals surface area contributed by atoms with Gasteiger partial charge in [0, 0.05) is 10.0 Å². The third-order valence-corrected chi connectivity index (χ3v) is 3.31. The van der Waals surface area contributed by atoms with Gasteiger partial charge in [0.15, 0.2) is 0 Å². The zero-order chi connectivity index (χ0) is 10.7. The van der Waals surface area contributed by atoms with Crippen LogP contribution in [0.5, 0.6) is 5.75 Å². The molecule has 0 saturated heterocycles. The van der Waals surface area contributed by atoms with Crippen LogP contribution in [0.2, 0.25) is 0 Å². The van der Waals surface area contributed by atoms with Crippen LogP contribution in [0.25, 0.3) is 0 Å². The van der Waals surface area contributed by atoms with E-state index in [-0.39, 0.29) is 0 Å². The van der Waals surface area contributed by atoms with Crippen molar-refractivity contribution < 1.29 is 9.84 Å². The normalized spacial score (nSPS) is 17.1. The van der Waals surface area contributed by atoms with E-state index in [1.165, 1.54) is 12.8 Å². The van der Waals surface area contributed by atoms with Crippen molar-refractivity contribution >= 4 is 15.9 Å². The predicted octanol–water partition coefficient (Wildman–Crippen LogP) is 3.61. The van der Waals surface area contributed by atoms with E-state index in [0.29, 0.717) is 18.5 Å². The molecule has 0 amide bonds. The zero-order valence-corrected chi connectivity index (χ0v) is 10.2. The SMILES string of the molecule is Oc1ccc(Br)cc1COC1CCCC1. The highest BCUT2D eigenvalue weighted by Gasteiger charge is 2.15. The van der Waals surface area contributed by atoms with Gasteiger partial charge in [-0.3, -0.25) is 0 Å². The fraction of sp³-hybridized carbons (Fsp3) is 0.500. The summed E-state index contributed by atoms with van der Waals surface area (Å²) < 4.78 is 6.72. The number of phenols is 1. The number of halogens is 1. The Morgan fingerprint density at radius 1 is 1.33 bits per heavy atom. The Hall–Kier alpha value is -0.540. The number of benzene rings is 1. The van der Waals surface area contributed by atoms with E-state index in [1.807, 2.05) is 12.1 Å². The molecule has 3 heteroatoms. The van der Waals surface area contributed by atoms with Gasteiger partial charge in [-0.05, 0) is 31.0 Å². The van der Waals surface area contributed by atoms with E-state index < -0.39 is 0 Å². The molecule has 15 heavy (non-hydrogen) atoms. The molecule has 2 rings (SSSR count). The number of hydrogen-bond acceptors (Lipinski definition) is 2. The Kier molecular flexibility index (Phi) is 3.65. The summed E-state index contributed by atoms with van der Waals surface area (Å²) >= 11 is 3.38. The fourth-order valence-corrected chi connectivity index (χ4v) is 2.34. The number of ether oxygens (including phenoxy) is 1. The van der Waals surface area contributed by atoms with Gasteiger partial charge in [0.1, 0.15) is 5.75 Å². The van der Waals surface area contributed by atoms with Crippen LogP contribution in [0, 0.1) is 0 Å². The molecular formula is C12H15BrO2. The Bertz CT molecular complexity index is 332. The first-order valence-corrected chi connectivity index (χ1v) is 6.14. The Morgan fingerprint density at radius 3 is 2.80 bits per heavy atom. The van der Waals surface area contributed by atoms with Gasteiger partial charge in [-0.25, -0.2) is 0 Å². The largest absolute Gasteiger partial charge is 0.508 e. The lowest BCUT2D eigenvalue weighted by molar-refractivity contribution is 0.0446. The van der Waals surface area contributed by atoms with E-state index >= 15 is 0 Å². The third kappa shape index (κ3) is 2.95. The van der Waals surface area contributed by atoms with Crippen molar-refractivity contribution in [1.82, 2.24) is 0 Å². The standard InChI is InChI=1S/C12H15BrO2/c13-10-5-6-12(14)9(7-10)8-15-11-3-1-2-4-11/h5-7,11,14H,1-4,8H2. The highest BCUT2D eigenvalue weighted by molar-refractivity contribution is 9.10. The molecule has 1 saturated carbocycles. The van der Waals surface area contributed by atoms with E-state index in [1.54, 1.807) is 6.07 Å². The maximum atomic E-state index is 9.61. The molecule has 0 aliphatic heterocycles. The van der Waals surface area contributed by atoms with Crippen molar-refractivity contribution in [3.05, 3.63) is 28.2 Å².